The minimum Gasteiger partial charge on any atom is -0.384 e. The number of halogens is 1. The van der Waals surface area contributed by atoms with Gasteiger partial charge in [0.25, 0.3) is 0 Å². The van der Waals surface area contributed by atoms with Crippen LogP contribution in [0.2, 0.25) is 5.02 Å². The summed E-state index contributed by atoms with van der Waals surface area (Å²) in [7, 11) is 0. The van der Waals surface area contributed by atoms with Gasteiger partial charge in [-0.05, 0) is 18.9 Å². The molecule has 0 fully saturated rings. The van der Waals surface area contributed by atoms with Crippen molar-refractivity contribution in [3.63, 3.8) is 0 Å². The molecule has 2 rings (SSSR count). The number of pyridine rings is 1. The quantitative estimate of drug-likeness (QED) is 0.910. The van der Waals surface area contributed by atoms with Crippen molar-refractivity contribution < 1.29 is 0 Å². The first-order chi connectivity index (χ1) is 9.17. The van der Waals surface area contributed by atoms with Crippen molar-refractivity contribution in [2.45, 2.75) is 39.7 Å². The Morgan fingerprint density at radius 2 is 2.00 bits per heavy atom. The minimum absolute atomic E-state index is 0.477. The zero-order chi connectivity index (χ0) is 13.8. The lowest BCUT2D eigenvalue weighted by Gasteiger charge is -2.09. The Morgan fingerprint density at radius 1 is 1.21 bits per heavy atom. The summed E-state index contributed by atoms with van der Waals surface area (Å²) in [5.74, 6) is 0.477. The molecule has 2 aromatic heterocycles. The van der Waals surface area contributed by atoms with E-state index in [1.165, 1.54) is 5.69 Å². The molecule has 0 aliphatic heterocycles. The number of nitrogen functional groups attached to an aromatic ring is 1. The van der Waals surface area contributed by atoms with Crippen LogP contribution in [0.4, 0.5) is 5.82 Å². The van der Waals surface area contributed by atoms with E-state index in [1.54, 1.807) is 6.20 Å². The van der Waals surface area contributed by atoms with Gasteiger partial charge < -0.3 is 5.73 Å². The smallest absolute Gasteiger partial charge is 0.124 e. The van der Waals surface area contributed by atoms with Gasteiger partial charge in [-0.3, -0.25) is 4.68 Å². The van der Waals surface area contributed by atoms with Gasteiger partial charge in [0.15, 0.2) is 0 Å². The summed E-state index contributed by atoms with van der Waals surface area (Å²) in [6, 6.07) is 1.81. The average molecular weight is 279 g/mol. The molecular formula is C14H19ClN4. The van der Waals surface area contributed by atoms with Crippen LogP contribution in [0.15, 0.2) is 18.5 Å². The fourth-order valence-electron chi connectivity index (χ4n) is 2.20. The molecule has 0 amide bonds. The van der Waals surface area contributed by atoms with Gasteiger partial charge in [-0.1, -0.05) is 31.9 Å². The highest BCUT2D eigenvalue weighted by molar-refractivity contribution is 6.33. The summed E-state index contributed by atoms with van der Waals surface area (Å²) in [4.78, 5) is 4.00. The number of nitrogens with two attached hydrogens (primary N) is 1. The number of hydrogen-bond donors (Lipinski definition) is 1. The highest BCUT2D eigenvalue weighted by Crippen LogP contribution is 2.31. The van der Waals surface area contributed by atoms with Gasteiger partial charge in [-0.25, -0.2) is 4.98 Å². The van der Waals surface area contributed by atoms with Crippen LogP contribution in [0.1, 0.15) is 32.4 Å². The Bertz CT molecular complexity index is 563. The molecule has 0 unspecified atom stereocenters. The second-order valence-corrected chi connectivity index (χ2v) is 4.97. The fraction of sp³-hybridized carbons (Fsp3) is 0.429. The molecule has 0 aromatic carbocycles. The fourth-order valence-corrected chi connectivity index (χ4v) is 2.41. The molecule has 0 aliphatic rings. The maximum Gasteiger partial charge on any atom is 0.124 e. The van der Waals surface area contributed by atoms with E-state index < -0.39 is 0 Å². The first-order valence-corrected chi connectivity index (χ1v) is 7.01. The predicted octanol–water partition coefficient (Wildman–Crippen LogP) is 3.54. The van der Waals surface area contributed by atoms with Crippen molar-refractivity contribution in [1.29, 1.82) is 0 Å². The normalized spacial score (nSPS) is 10.9. The Balaban J connectivity index is 2.51. The molecule has 2 N–H and O–H groups in total. The van der Waals surface area contributed by atoms with Crippen LogP contribution in [0.5, 0.6) is 0 Å². The molecule has 0 aliphatic carbocycles. The predicted molar refractivity (Wildman–Crippen MR) is 79.2 cm³/mol. The summed E-state index contributed by atoms with van der Waals surface area (Å²) >= 11 is 6.23. The molecule has 0 saturated carbocycles. The van der Waals surface area contributed by atoms with Gasteiger partial charge in [0.1, 0.15) is 5.82 Å². The third kappa shape index (κ3) is 2.89. The molecular weight excluding hydrogens is 260 g/mol. The number of aromatic nitrogens is 3. The van der Waals surface area contributed by atoms with Crippen molar-refractivity contribution in [2.24, 2.45) is 0 Å². The Hall–Kier alpha value is -1.55. The number of hydrogen-bond acceptors (Lipinski definition) is 3. The van der Waals surface area contributed by atoms with Crippen LogP contribution in [-0.4, -0.2) is 14.8 Å². The van der Waals surface area contributed by atoms with Gasteiger partial charge in [-0.2, -0.15) is 5.10 Å². The largest absolute Gasteiger partial charge is 0.384 e. The molecule has 2 heterocycles. The van der Waals surface area contributed by atoms with Crippen molar-refractivity contribution in [1.82, 2.24) is 14.8 Å². The van der Waals surface area contributed by atoms with E-state index >= 15 is 0 Å². The topological polar surface area (TPSA) is 56.7 Å². The van der Waals surface area contributed by atoms with Gasteiger partial charge in [-0.15, -0.1) is 0 Å². The third-order valence-electron chi connectivity index (χ3n) is 3.04. The summed E-state index contributed by atoms with van der Waals surface area (Å²) < 4.78 is 2.06. The van der Waals surface area contributed by atoms with Crippen LogP contribution in [-0.2, 0) is 13.0 Å². The van der Waals surface area contributed by atoms with Crippen molar-refractivity contribution in [3.8, 4) is 11.1 Å². The van der Waals surface area contributed by atoms with E-state index in [-0.39, 0.29) is 0 Å². The highest BCUT2D eigenvalue weighted by Gasteiger charge is 2.14. The SMILES string of the molecule is CCCc1c(-c2cc(N)ncc2Cl)cnn1CCC. The zero-order valence-electron chi connectivity index (χ0n) is 11.4. The second kappa shape index (κ2) is 6.06. The van der Waals surface area contributed by atoms with E-state index in [1.807, 2.05) is 12.3 Å². The zero-order valence-corrected chi connectivity index (χ0v) is 12.1. The first-order valence-electron chi connectivity index (χ1n) is 6.63. The molecule has 0 radical (unpaired) electrons. The van der Waals surface area contributed by atoms with Gasteiger partial charge >= 0.3 is 0 Å². The third-order valence-corrected chi connectivity index (χ3v) is 3.34. The van der Waals surface area contributed by atoms with Gasteiger partial charge in [0.05, 0.1) is 11.2 Å². The summed E-state index contributed by atoms with van der Waals surface area (Å²) in [5, 5.41) is 5.08. The van der Waals surface area contributed by atoms with E-state index in [4.69, 9.17) is 17.3 Å². The molecule has 19 heavy (non-hydrogen) atoms. The maximum absolute atomic E-state index is 6.23. The van der Waals surface area contributed by atoms with E-state index in [9.17, 15) is 0 Å². The molecule has 2 aromatic rings. The first kappa shape index (κ1) is 13.9. The molecule has 0 atom stereocenters. The number of aryl methyl sites for hydroxylation is 1. The molecule has 0 spiro atoms. The Kier molecular flexibility index (Phi) is 4.43. The lowest BCUT2D eigenvalue weighted by molar-refractivity contribution is 0.571. The second-order valence-electron chi connectivity index (χ2n) is 4.57. The van der Waals surface area contributed by atoms with Gasteiger partial charge in [0.2, 0.25) is 0 Å². The highest BCUT2D eigenvalue weighted by atomic mass is 35.5. The van der Waals surface area contributed by atoms with E-state index in [2.05, 4.69) is 28.6 Å². The van der Waals surface area contributed by atoms with Crippen molar-refractivity contribution in [3.05, 3.63) is 29.2 Å². The monoisotopic (exact) mass is 278 g/mol. The molecule has 4 nitrogen and oxygen atoms in total. The maximum atomic E-state index is 6.23. The van der Waals surface area contributed by atoms with Crippen molar-refractivity contribution >= 4 is 17.4 Å². The van der Waals surface area contributed by atoms with Crippen LogP contribution < -0.4 is 5.73 Å². The van der Waals surface area contributed by atoms with Crippen LogP contribution >= 0.6 is 11.6 Å². The molecule has 5 heteroatoms. The van der Waals surface area contributed by atoms with Gasteiger partial charge in [0, 0.05) is 29.6 Å². The van der Waals surface area contributed by atoms with Crippen LogP contribution in [0, 0.1) is 0 Å². The lowest BCUT2D eigenvalue weighted by atomic mass is 10.0. The molecule has 102 valence electrons. The molecule has 0 bridgehead atoms. The summed E-state index contributed by atoms with van der Waals surface area (Å²) in [6.45, 7) is 5.23. The number of anilines is 1. The minimum atomic E-state index is 0.477. The van der Waals surface area contributed by atoms with E-state index in [0.29, 0.717) is 10.8 Å². The molecule has 0 saturated heterocycles. The lowest BCUT2D eigenvalue weighted by Crippen LogP contribution is -2.05. The Morgan fingerprint density at radius 3 is 2.68 bits per heavy atom. The van der Waals surface area contributed by atoms with Crippen LogP contribution in [0.25, 0.3) is 11.1 Å². The average Bonchev–Trinajstić information content (AvgIpc) is 2.77. The van der Waals surface area contributed by atoms with Crippen LogP contribution in [0.3, 0.4) is 0 Å². The van der Waals surface area contributed by atoms with E-state index in [0.717, 1.165) is 36.9 Å². The number of rotatable bonds is 5. The summed E-state index contributed by atoms with van der Waals surface area (Å²) in [6.07, 6.45) is 6.58. The standard InChI is InChI=1S/C14H19ClN4/c1-3-5-13-11(8-18-19(13)6-4-2)10-7-14(16)17-9-12(10)15/h7-9H,3-6H2,1-2H3,(H2,16,17). The number of nitrogens with zero attached hydrogens (tertiary/aromatic N) is 3. The Labute approximate surface area is 118 Å². The van der Waals surface area contributed by atoms with Crippen molar-refractivity contribution in [2.75, 3.05) is 5.73 Å². The summed E-state index contributed by atoms with van der Waals surface area (Å²) in [5.41, 5.74) is 8.96.